The maximum Gasteiger partial charge on any atom is 0.471 e. The van der Waals surface area contributed by atoms with Crippen molar-refractivity contribution in [1.82, 2.24) is 5.32 Å². The molecular weight excluding hydrogens is 211 g/mol. The van der Waals surface area contributed by atoms with Crippen LogP contribution in [0.5, 0.6) is 0 Å². The first-order valence-corrected chi connectivity index (χ1v) is 3.75. The van der Waals surface area contributed by atoms with Gasteiger partial charge in [-0.1, -0.05) is 0 Å². The smallest absolute Gasteiger partial charge is 0.334 e. The Balaban J connectivity index is 2.60. The number of hydrogen-bond donors (Lipinski definition) is 1. The fourth-order valence-corrected chi connectivity index (χ4v) is 1.02. The third kappa shape index (κ3) is 2.12. The molecule has 1 aliphatic carbocycles. The molecule has 7 heteroatoms. The van der Waals surface area contributed by atoms with Gasteiger partial charge in [-0.2, -0.15) is 13.2 Å². The van der Waals surface area contributed by atoms with E-state index in [9.17, 15) is 22.8 Å². The molecule has 0 radical (unpaired) electrons. The fourth-order valence-electron chi connectivity index (χ4n) is 0.784. The third-order valence-corrected chi connectivity index (χ3v) is 2.10. The lowest BCUT2D eigenvalue weighted by Gasteiger charge is -2.13. The van der Waals surface area contributed by atoms with Crippen molar-refractivity contribution in [3.05, 3.63) is 0 Å². The lowest BCUT2D eigenvalue weighted by molar-refractivity contribution is -0.174. The summed E-state index contributed by atoms with van der Waals surface area (Å²) in [6.45, 7) is 0. The van der Waals surface area contributed by atoms with Crippen molar-refractivity contribution < 1.29 is 22.8 Å². The number of carbonyl (C=O) groups is 2. The van der Waals surface area contributed by atoms with Crippen LogP contribution in [0.2, 0.25) is 0 Å². The molecule has 13 heavy (non-hydrogen) atoms. The Labute approximate surface area is 76.2 Å². The lowest BCUT2D eigenvalue weighted by atomic mass is 10.3. The molecule has 0 heterocycles. The quantitative estimate of drug-likeness (QED) is 0.698. The predicted octanol–water partition coefficient (Wildman–Crippen LogP) is 0.963. The highest BCUT2D eigenvalue weighted by atomic mass is 35.5. The second-order valence-electron chi connectivity index (χ2n) is 2.81. The van der Waals surface area contributed by atoms with Crippen molar-refractivity contribution in [3.8, 4) is 0 Å². The van der Waals surface area contributed by atoms with Gasteiger partial charge in [0.25, 0.3) is 0 Å². The molecule has 1 fully saturated rings. The summed E-state index contributed by atoms with van der Waals surface area (Å²) in [7, 11) is 0. The van der Waals surface area contributed by atoms with E-state index in [0.717, 1.165) is 0 Å². The van der Waals surface area contributed by atoms with E-state index < -0.39 is 22.9 Å². The number of amides is 1. The SMILES string of the molecule is O=C(NC1(C(=O)Cl)CC1)C(F)(F)F. The predicted molar refractivity (Wildman–Crippen MR) is 37.0 cm³/mol. The maximum atomic E-state index is 11.7. The van der Waals surface area contributed by atoms with Gasteiger partial charge in [0, 0.05) is 0 Å². The number of halogens is 4. The van der Waals surface area contributed by atoms with Crippen molar-refractivity contribution in [3.63, 3.8) is 0 Å². The molecule has 0 saturated heterocycles. The van der Waals surface area contributed by atoms with Crippen LogP contribution in [0.3, 0.4) is 0 Å². The van der Waals surface area contributed by atoms with Crippen molar-refractivity contribution in [2.24, 2.45) is 0 Å². The third-order valence-electron chi connectivity index (χ3n) is 1.74. The van der Waals surface area contributed by atoms with Crippen molar-refractivity contribution >= 4 is 22.8 Å². The van der Waals surface area contributed by atoms with Crippen LogP contribution in [0.25, 0.3) is 0 Å². The zero-order valence-electron chi connectivity index (χ0n) is 6.24. The molecule has 0 unspecified atom stereocenters. The molecule has 0 spiro atoms. The standard InChI is InChI=1S/C6H5ClF3NO2/c7-3(12)5(1-2-5)11-4(13)6(8,9)10/h1-2H2,(H,11,13). The van der Waals surface area contributed by atoms with Crippen LogP contribution < -0.4 is 5.32 Å². The van der Waals surface area contributed by atoms with Crippen LogP contribution in [0.4, 0.5) is 13.2 Å². The van der Waals surface area contributed by atoms with E-state index in [1.165, 1.54) is 0 Å². The zero-order valence-corrected chi connectivity index (χ0v) is 7.00. The highest BCUT2D eigenvalue weighted by Crippen LogP contribution is 2.38. The summed E-state index contributed by atoms with van der Waals surface area (Å²) in [5.41, 5.74) is -1.46. The first kappa shape index (κ1) is 10.3. The summed E-state index contributed by atoms with van der Waals surface area (Å²) in [4.78, 5) is 21.0. The molecule has 1 rings (SSSR count). The Morgan fingerprint density at radius 2 is 1.77 bits per heavy atom. The minimum atomic E-state index is -4.97. The number of hydrogen-bond acceptors (Lipinski definition) is 2. The van der Waals surface area contributed by atoms with Gasteiger partial charge >= 0.3 is 12.1 Å². The second-order valence-corrected chi connectivity index (χ2v) is 3.15. The van der Waals surface area contributed by atoms with E-state index in [-0.39, 0.29) is 12.8 Å². The minimum Gasteiger partial charge on any atom is -0.334 e. The van der Waals surface area contributed by atoms with Gasteiger partial charge in [-0.25, -0.2) is 0 Å². The Morgan fingerprint density at radius 3 is 2.00 bits per heavy atom. The normalized spacial score (nSPS) is 19.4. The highest BCUT2D eigenvalue weighted by molar-refractivity contribution is 6.66. The second kappa shape index (κ2) is 2.87. The van der Waals surface area contributed by atoms with Crippen LogP contribution in [0.1, 0.15) is 12.8 Å². The monoisotopic (exact) mass is 215 g/mol. The number of alkyl halides is 3. The first-order chi connectivity index (χ1) is 5.78. The molecule has 1 saturated carbocycles. The van der Waals surface area contributed by atoms with Crippen LogP contribution in [0, 0.1) is 0 Å². The number of nitrogens with one attached hydrogen (secondary N) is 1. The van der Waals surface area contributed by atoms with E-state index in [1.807, 2.05) is 0 Å². The number of rotatable bonds is 2. The summed E-state index contributed by atoms with van der Waals surface area (Å²) in [6, 6.07) is 0. The van der Waals surface area contributed by atoms with Crippen molar-refractivity contribution in [1.29, 1.82) is 0 Å². The fraction of sp³-hybridized carbons (Fsp3) is 0.667. The molecule has 0 aromatic heterocycles. The van der Waals surface area contributed by atoms with Crippen LogP contribution in [-0.4, -0.2) is 22.9 Å². The van der Waals surface area contributed by atoms with Crippen LogP contribution in [0.15, 0.2) is 0 Å². The lowest BCUT2D eigenvalue weighted by Crippen LogP contribution is -2.47. The molecule has 0 aliphatic heterocycles. The maximum absolute atomic E-state index is 11.7. The van der Waals surface area contributed by atoms with Crippen molar-refractivity contribution in [2.75, 3.05) is 0 Å². The first-order valence-electron chi connectivity index (χ1n) is 3.37. The van der Waals surface area contributed by atoms with Gasteiger partial charge in [0.15, 0.2) is 0 Å². The van der Waals surface area contributed by atoms with Gasteiger partial charge in [-0.3, -0.25) is 9.59 Å². The largest absolute Gasteiger partial charge is 0.471 e. The van der Waals surface area contributed by atoms with Gasteiger partial charge < -0.3 is 5.32 Å². The molecular formula is C6H5ClF3NO2. The van der Waals surface area contributed by atoms with E-state index in [0.29, 0.717) is 0 Å². The Bertz CT molecular complexity index is 259. The summed E-state index contributed by atoms with van der Waals surface area (Å²) in [5, 5.41) is 0.608. The summed E-state index contributed by atoms with van der Waals surface area (Å²) in [6.07, 6.45) is -4.64. The van der Waals surface area contributed by atoms with E-state index >= 15 is 0 Å². The number of carbonyl (C=O) groups excluding carboxylic acids is 2. The summed E-state index contributed by atoms with van der Waals surface area (Å²) in [5.74, 6) is -2.13. The molecule has 0 aromatic rings. The highest BCUT2D eigenvalue weighted by Gasteiger charge is 2.54. The Morgan fingerprint density at radius 1 is 1.31 bits per heavy atom. The van der Waals surface area contributed by atoms with E-state index in [4.69, 9.17) is 11.6 Å². The Hall–Kier alpha value is -0.780. The van der Waals surface area contributed by atoms with E-state index in [2.05, 4.69) is 0 Å². The van der Waals surface area contributed by atoms with Gasteiger partial charge in [0.2, 0.25) is 5.24 Å². The van der Waals surface area contributed by atoms with Crippen LogP contribution in [-0.2, 0) is 9.59 Å². The molecule has 0 aromatic carbocycles. The molecule has 0 atom stereocenters. The molecule has 1 N–H and O–H groups in total. The average molecular weight is 216 g/mol. The van der Waals surface area contributed by atoms with E-state index in [1.54, 1.807) is 5.32 Å². The Kier molecular flexibility index (Phi) is 2.27. The molecule has 74 valence electrons. The van der Waals surface area contributed by atoms with Gasteiger partial charge in [-0.15, -0.1) is 0 Å². The molecule has 1 amide bonds. The molecule has 1 aliphatic rings. The summed E-state index contributed by atoms with van der Waals surface area (Å²) >= 11 is 5.01. The summed E-state index contributed by atoms with van der Waals surface area (Å²) < 4.78 is 35.1. The molecule has 3 nitrogen and oxygen atoms in total. The van der Waals surface area contributed by atoms with Crippen molar-refractivity contribution in [2.45, 2.75) is 24.6 Å². The van der Waals surface area contributed by atoms with Gasteiger partial charge in [-0.05, 0) is 24.4 Å². The van der Waals surface area contributed by atoms with Gasteiger partial charge in [0.05, 0.1) is 0 Å². The minimum absolute atomic E-state index is 0.164. The average Bonchev–Trinajstić information content (AvgIpc) is 2.66. The van der Waals surface area contributed by atoms with Crippen LogP contribution >= 0.6 is 11.6 Å². The topological polar surface area (TPSA) is 46.2 Å². The zero-order chi connectivity index (χ0) is 10.3. The molecule has 0 bridgehead atoms. The van der Waals surface area contributed by atoms with Gasteiger partial charge in [0.1, 0.15) is 5.54 Å².